The maximum Gasteiger partial charge on any atom is 0.413 e. The first-order valence-electron chi connectivity index (χ1n) is 4.17. The van der Waals surface area contributed by atoms with Crippen molar-refractivity contribution in [1.29, 1.82) is 0 Å². The molecule has 0 atom stereocenters. The smallest absolute Gasteiger partial charge is 0.277 e. The topological polar surface area (TPSA) is 55.4 Å². The molecule has 0 aromatic heterocycles. The summed E-state index contributed by atoms with van der Waals surface area (Å²) in [6.07, 6.45) is -4.66. The van der Waals surface area contributed by atoms with Crippen LogP contribution in [0.25, 0.3) is 0 Å². The molecular formula is C8H7F4NO3S. The molecule has 0 heterocycles. The number of sulfonamides is 1. The first kappa shape index (κ1) is 13.9. The van der Waals surface area contributed by atoms with Gasteiger partial charge in [0, 0.05) is 0 Å². The predicted molar refractivity (Wildman–Crippen MR) is 48.7 cm³/mol. The van der Waals surface area contributed by atoms with E-state index in [-0.39, 0.29) is 0 Å². The Balaban J connectivity index is 2.70. The SMILES string of the molecule is O=S(=O)(NOCC(F)(F)F)c1cccc(F)c1. The van der Waals surface area contributed by atoms with Gasteiger partial charge in [-0.15, -0.1) is 0 Å². The van der Waals surface area contributed by atoms with Gasteiger partial charge in [0.25, 0.3) is 10.0 Å². The summed E-state index contributed by atoms with van der Waals surface area (Å²) < 4.78 is 70.3. The number of rotatable bonds is 4. The quantitative estimate of drug-likeness (QED) is 0.669. The monoisotopic (exact) mass is 273 g/mol. The molecule has 0 saturated heterocycles. The molecule has 1 N–H and O–H groups in total. The second kappa shape index (κ2) is 4.98. The van der Waals surface area contributed by atoms with Crippen molar-refractivity contribution >= 4 is 10.0 Å². The van der Waals surface area contributed by atoms with Crippen molar-refractivity contribution in [2.45, 2.75) is 11.1 Å². The van der Waals surface area contributed by atoms with E-state index in [1.165, 1.54) is 4.89 Å². The fourth-order valence-corrected chi connectivity index (χ4v) is 1.71. The third-order valence-corrected chi connectivity index (χ3v) is 2.72. The Morgan fingerprint density at radius 2 is 1.94 bits per heavy atom. The van der Waals surface area contributed by atoms with Gasteiger partial charge in [0.2, 0.25) is 0 Å². The highest BCUT2D eigenvalue weighted by Crippen LogP contribution is 2.15. The van der Waals surface area contributed by atoms with Crippen LogP contribution in [0.4, 0.5) is 17.6 Å². The molecule has 17 heavy (non-hydrogen) atoms. The van der Waals surface area contributed by atoms with Crippen LogP contribution in [0.5, 0.6) is 0 Å². The van der Waals surface area contributed by atoms with Gasteiger partial charge in [-0.05, 0) is 18.2 Å². The molecule has 0 bridgehead atoms. The van der Waals surface area contributed by atoms with Gasteiger partial charge in [-0.1, -0.05) is 11.0 Å². The van der Waals surface area contributed by atoms with Gasteiger partial charge in [-0.3, -0.25) is 4.84 Å². The normalized spacial score (nSPS) is 12.7. The van der Waals surface area contributed by atoms with Crippen LogP contribution in [0.3, 0.4) is 0 Å². The summed E-state index contributed by atoms with van der Waals surface area (Å²) in [5.41, 5.74) is 0. The zero-order valence-corrected chi connectivity index (χ0v) is 8.98. The lowest BCUT2D eigenvalue weighted by Gasteiger charge is -2.09. The molecule has 0 radical (unpaired) electrons. The largest absolute Gasteiger partial charge is 0.413 e. The van der Waals surface area contributed by atoms with E-state index in [9.17, 15) is 26.0 Å². The van der Waals surface area contributed by atoms with E-state index in [4.69, 9.17) is 0 Å². The molecule has 0 unspecified atom stereocenters. The molecule has 0 saturated carbocycles. The molecule has 0 aliphatic carbocycles. The van der Waals surface area contributed by atoms with Gasteiger partial charge in [0.15, 0.2) is 6.61 Å². The van der Waals surface area contributed by atoms with Gasteiger partial charge in [-0.25, -0.2) is 12.8 Å². The van der Waals surface area contributed by atoms with E-state index in [1.807, 2.05) is 0 Å². The molecule has 1 aromatic carbocycles. The van der Waals surface area contributed by atoms with Crippen molar-refractivity contribution < 1.29 is 30.8 Å². The minimum absolute atomic E-state index is 0.528. The van der Waals surface area contributed by atoms with Crippen LogP contribution in [0.1, 0.15) is 0 Å². The number of benzene rings is 1. The summed E-state index contributed by atoms with van der Waals surface area (Å²) in [7, 11) is -4.32. The van der Waals surface area contributed by atoms with Crippen LogP contribution in [0.2, 0.25) is 0 Å². The van der Waals surface area contributed by atoms with E-state index in [0.717, 1.165) is 18.2 Å². The van der Waals surface area contributed by atoms with Crippen molar-refractivity contribution in [1.82, 2.24) is 4.89 Å². The molecule has 9 heteroatoms. The Kier molecular flexibility index (Phi) is 4.07. The number of nitrogens with one attached hydrogen (secondary N) is 1. The Labute approximate surface area is 94.2 Å². The molecule has 0 spiro atoms. The molecule has 96 valence electrons. The number of halogens is 4. The van der Waals surface area contributed by atoms with Crippen molar-refractivity contribution in [2.24, 2.45) is 0 Å². The zero-order valence-electron chi connectivity index (χ0n) is 8.16. The number of hydrogen-bond donors (Lipinski definition) is 1. The predicted octanol–water partition coefficient (Wildman–Crippen LogP) is 1.60. The minimum atomic E-state index is -4.66. The second-order valence-electron chi connectivity index (χ2n) is 2.95. The number of hydrogen-bond acceptors (Lipinski definition) is 3. The van der Waals surface area contributed by atoms with Gasteiger partial charge >= 0.3 is 6.18 Å². The van der Waals surface area contributed by atoms with Crippen molar-refractivity contribution in [3.8, 4) is 0 Å². The lowest BCUT2D eigenvalue weighted by atomic mass is 10.4. The summed E-state index contributed by atoms with van der Waals surface area (Å²) in [4.78, 5) is 4.49. The van der Waals surface area contributed by atoms with Crippen molar-refractivity contribution in [3.05, 3.63) is 30.1 Å². The molecule has 0 fully saturated rings. The standard InChI is InChI=1S/C8H7F4NO3S/c9-6-2-1-3-7(4-6)17(14,15)13-16-5-8(10,11)12/h1-4,13H,5H2. The highest BCUT2D eigenvalue weighted by molar-refractivity contribution is 7.89. The van der Waals surface area contributed by atoms with E-state index in [1.54, 1.807) is 0 Å². The van der Waals surface area contributed by atoms with E-state index < -0.39 is 33.5 Å². The average molecular weight is 273 g/mol. The molecule has 0 aliphatic rings. The highest BCUT2D eigenvalue weighted by Gasteiger charge is 2.29. The Morgan fingerprint density at radius 1 is 1.29 bits per heavy atom. The maximum absolute atomic E-state index is 12.7. The fourth-order valence-electron chi connectivity index (χ4n) is 0.871. The van der Waals surface area contributed by atoms with Gasteiger partial charge in [0.1, 0.15) is 5.82 Å². The van der Waals surface area contributed by atoms with Crippen LogP contribution < -0.4 is 4.89 Å². The second-order valence-corrected chi connectivity index (χ2v) is 4.59. The first-order valence-corrected chi connectivity index (χ1v) is 5.65. The highest BCUT2D eigenvalue weighted by atomic mass is 32.2. The molecule has 4 nitrogen and oxygen atoms in total. The van der Waals surface area contributed by atoms with Crippen LogP contribution in [0.15, 0.2) is 29.2 Å². The summed E-state index contributed by atoms with van der Waals surface area (Å²) in [6.45, 7) is -1.78. The summed E-state index contributed by atoms with van der Waals surface area (Å²) in [5.74, 6) is -0.830. The summed E-state index contributed by atoms with van der Waals surface area (Å²) >= 11 is 0. The summed E-state index contributed by atoms with van der Waals surface area (Å²) in [6, 6.07) is 3.77. The van der Waals surface area contributed by atoms with E-state index >= 15 is 0 Å². The number of alkyl halides is 3. The Morgan fingerprint density at radius 3 is 2.47 bits per heavy atom. The van der Waals surface area contributed by atoms with E-state index in [2.05, 4.69) is 4.84 Å². The molecular weight excluding hydrogens is 266 g/mol. The van der Waals surface area contributed by atoms with Crippen LogP contribution in [-0.4, -0.2) is 21.2 Å². The molecule has 0 aliphatic heterocycles. The molecule has 0 amide bonds. The van der Waals surface area contributed by atoms with Gasteiger partial charge < -0.3 is 0 Å². The molecule has 1 aromatic rings. The third-order valence-electron chi connectivity index (χ3n) is 1.51. The lowest BCUT2D eigenvalue weighted by Crippen LogP contribution is -2.29. The first-order chi connectivity index (χ1) is 7.71. The zero-order chi connectivity index (χ0) is 13.1. The Hall–Kier alpha value is -1.19. The average Bonchev–Trinajstić information content (AvgIpc) is 2.15. The summed E-state index contributed by atoms with van der Waals surface area (Å²) in [5, 5.41) is 0. The third kappa shape index (κ3) is 4.67. The Bertz CT molecular complexity index is 486. The lowest BCUT2D eigenvalue weighted by molar-refractivity contribution is -0.181. The van der Waals surface area contributed by atoms with Crippen molar-refractivity contribution in [3.63, 3.8) is 0 Å². The fraction of sp³-hybridized carbons (Fsp3) is 0.250. The molecule has 1 rings (SSSR count). The van der Waals surface area contributed by atoms with Crippen LogP contribution >= 0.6 is 0 Å². The van der Waals surface area contributed by atoms with Gasteiger partial charge in [0.05, 0.1) is 4.90 Å². The van der Waals surface area contributed by atoms with E-state index in [0.29, 0.717) is 6.07 Å². The van der Waals surface area contributed by atoms with Crippen LogP contribution in [-0.2, 0) is 14.9 Å². The maximum atomic E-state index is 12.7. The van der Waals surface area contributed by atoms with Gasteiger partial charge in [-0.2, -0.15) is 13.2 Å². The van der Waals surface area contributed by atoms with Crippen LogP contribution in [0, 0.1) is 5.82 Å². The minimum Gasteiger partial charge on any atom is -0.277 e. The van der Waals surface area contributed by atoms with Crippen molar-refractivity contribution in [2.75, 3.05) is 6.61 Å².